The largest absolute Gasteiger partial charge is 0.315 e. The van der Waals surface area contributed by atoms with E-state index in [1.807, 2.05) is 0 Å². The molecule has 0 aromatic carbocycles. The van der Waals surface area contributed by atoms with Gasteiger partial charge < -0.3 is 5.32 Å². The molecule has 0 amide bonds. The van der Waals surface area contributed by atoms with Crippen LogP contribution < -0.4 is 5.32 Å². The second-order valence-corrected chi connectivity index (χ2v) is 7.23. The maximum atomic E-state index is 3.55. The fourth-order valence-corrected chi connectivity index (χ4v) is 4.09. The highest BCUT2D eigenvalue weighted by Gasteiger charge is 2.35. The number of likely N-dealkylation sites (N-methyl/N-ethyl adjacent to an activating group) is 1. The summed E-state index contributed by atoms with van der Waals surface area (Å²) >= 11 is 0. The first-order chi connectivity index (χ1) is 7.98. The van der Waals surface area contributed by atoms with Gasteiger partial charge >= 0.3 is 0 Å². The number of piperidine rings is 1. The van der Waals surface area contributed by atoms with Crippen LogP contribution in [0, 0.1) is 11.3 Å². The first-order valence-electron chi connectivity index (χ1n) is 7.40. The molecule has 3 unspecified atom stereocenters. The van der Waals surface area contributed by atoms with Gasteiger partial charge in [-0.2, -0.15) is 0 Å². The highest BCUT2D eigenvalue weighted by atomic mass is 15.2. The number of nitrogens with zero attached hydrogens (tertiary/aromatic N) is 1. The van der Waals surface area contributed by atoms with Gasteiger partial charge in [0.2, 0.25) is 0 Å². The van der Waals surface area contributed by atoms with Crippen LogP contribution in [0.2, 0.25) is 0 Å². The second-order valence-electron chi connectivity index (χ2n) is 7.23. The number of hydrogen-bond acceptors (Lipinski definition) is 2. The van der Waals surface area contributed by atoms with Crippen molar-refractivity contribution in [1.82, 2.24) is 10.2 Å². The van der Waals surface area contributed by atoms with Gasteiger partial charge in [0, 0.05) is 18.6 Å². The second kappa shape index (κ2) is 5.27. The van der Waals surface area contributed by atoms with E-state index < -0.39 is 0 Å². The number of hydrogen-bond donors (Lipinski definition) is 1. The van der Waals surface area contributed by atoms with Crippen molar-refractivity contribution in [3.05, 3.63) is 0 Å². The molecule has 2 fully saturated rings. The van der Waals surface area contributed by atoms with Gasteiger partial charge in [0.1, 0.15) is 0 Å². The standard InChI is InChI=1S/C15H30N2/c1-12-8-14(10-15(2,3)9-12)17(4)13-6-5-7-16-11-13/h12-14,16H,5-11H2,1-4H3. The SMILES string of the molecule is CC1CC(N(C)C2CCCNC2)CC(C)(C)C1. The molecule has 0 aromatic heterocycles. The lowest BCUT2D eigenvalue weighted by Gasteiger charge is -2.46. The van der Waals surface area contributed by atoms with Gasteiger partial charge in [-0.3, -0.25) is 4.90 Å². The van der Waals surface area contributed by atoms with Crippen molar-refractivity contribution in [3.8, 4) is 0 Å². The van der Waals surface area contributed by atoms with Gasteiger partial charge in [0.25, 0.3) is 0 Å². The minimum Gasteiger partial charge on any atom is -0.315 e. The van der Waals surface area contributed by atoms with Crippen LogP contribution in [-0.4, -0.2) is 37.1 Å². The topological polar surface area (TPSA) is 15.3 Å². The summed E-state index contributed by atoms with van der Waals surface area (Å²) in [6, 6.07) is 1.58. The Balaban J connectivity index is 1.95. The monoisotopic (exact) mass is 238 g/mol. The van der Waals surface area contributed by atoms with Crippen molar-refractivity contribution in [2.75, 3.05) is 20.1 Å². The van der Waals surface area contributed by atoms with Crippen molar-refractivity contribution in [2.24, 2.45) is 11.3 Å². The molecule has 100 valence electrons. The summed E-state index contributed by atoms with van der Waals surface area (Å²) in [5.74, 6) is 0.891. The average Bonchev–Trinajstić information content (AvgIpc) is 2.26. The highest BCUT2D eigenvalue weighted by molar-refractivity contribution is 4.90. The summed E-state index contributed by atoms with van der Waals surface area (Å²) in [4.78, 5) is 2.68. The fourth-order valence-electron chi connectivity index (χ4n) is 4.09. The molecule has 1 saturated heterocycles. The normalized spacial score (nSPS) is 38.3. The summed E-state index contributed by atoms with van der Waals surface area (Å²) in [7, 11) is 2.36. The Morgan fingerprint density at radius 1 is 1.18 bits per heavy atom. The Morgan fingerprint density at radius 3 is 2.53 bits per heavy atom. The predicted molar refractivity (Wildman–Crippen MR) is 74.2 cm³/mol. The fraction of sp³-hybridized carbons (Fsp3) is 1.00. The van der Waals surface area contributed by atoms with Crippen LogP contribution in [0.3, 0.4) is 0 Å². The maximum absolute atomic E-state index is 3.55. The van der Waals surface area contributed by atoms with Crippen LogP contribution in [0.15, 0.2) is 0 Å². The first-order valence-corrected chi connectivity index (χ1v) is 7.40. The van der Waals surface area contributed by atoms with E-state index in [9.17, 15) is 0 Å². The summed E-state index contributed by atoms with van der Waals surface area (Å²) in [6.45, 7) is 9.74. The maximum Gasteiger partial charge on any atom is 0.0221 e. The van der Waals surface area contributed by atoms with E-state index in [2.05, 4.69) is 38.0 Å². The lowest BCUT2D eigenvalue weighted by Crippen LogP contribution is -2.51. The summed E-state index contributed by atoms with van der Waals surface area (Å²) < 4.78 is 0. The third-order valence-corrected chi connectivity index (χ3v) is 4.79. The molecule has 3 atom stereocenters. The van der Waals surface area contributed by atoms with Gasteiger partial charge in [0.05, 0.1) is 0 Å². The van der Waals surface area contributed by atoms with Crippen molar-refractivity contribution in [1.29, 1.82) is 0 Å². The molecule has 2 aliphatic rings. The molecule has 0 aromatic rings. The molecular weight excluding hydrogens is 208 g/mol. The van der Waals surface area contributed by atoms with E-state index in [4.69, 9.17) is 0 Å². The van der Waals surface area contributed by atoms with Crippen molar-refractivity contribution in [2.45, 2.75) is 65.0 Å². The van der Waals surface area contributed by atoms with Crippen molar-refractivity contribution in [3.63, 3.8) is 0 Å². The van der Waals surface area contributed by atoms with Crippen LogP contribution in [0.25, 0.3) is 0 Å². The van der Waals surface area contributed by atoms with Crippen LogP contribution in [0.1, 0.15) is 52.9 Å². The Kier molecular flexibility index (Phi) is 4.14. The molecule has 1 N–H and O–H groups in total. The van der Waals surface area contributed by atoms with E-state index in [0.717, 1.165) is 18.0 Å². The lowest BCUT2D eigenvalue weighted by molar-refractivity contribution is 0.0499. The molecule has 1 aliphatic heterocycles. The minimum atomic E-state index is 0.540. The molecule has 0 radical (unpaired) electrons. The van der Waals surface area contributed by atoms with Gasteiger partial charge in [0.15, 0.2) is 0 Å². The average molecular weight is 238 g/mol. The molecular formula is C15H30N2. The zero-order chi connectivity index (χ0) is 12.5. The number of rotatable bonds is 2. The molecule has 1 saturated carbocycles. The van der Waals surface area contributed by atoms with E-state index in [1.165, 1.54) is 45.2 Å². The van der Waals surface area contributed by atoms with Crippen LogP contribution >= 0.6 is 0 Å². The Labute approximate surface area is 107 Å². The van der Waals surface area contributed by atoms with Gasteiger partial charge in [-0.15, -0.1) is 0 Å². The third-order valence-electron chi connectivity index (χ3n) is 4.79. The van der Waals surface area contributed by atoms with E-state index in [0.29, 0.717) is 5.41 Å². The summed E-state index contributed by atoms with van der Waals surface area (Å²) in [5.41, 5.74) is 0.540. The van der Waals surface area contributed by atoms with Gasteiger partial charge in [-0.1, -0.05) is 20.8 Å². The number of nitrogens with one attached hydrogen (secondary N) is 1. The molecule has 2 rings (SSSR count). The van der Waals surface area contributed by atoms with Crippen molar-refractivity contribution >= 4 is 0 Å². The molecule has 2 heteroatoms. The smallest absolute Gasteiger partial charge is 0.0221 e. The van der Waals surface area contributed by atoms with Crippen LogP contribution in [0.5, 0.6) is 0 Å². The lowest BCUT2D eigenvalue weighted by atomic mass is 9.70. The predicted octanol–water partition coefficient (Wildman–Crippen LogP) is 2.89. The molecule has 2 nitrogen and oxygen atoms in total. The zero-order valence-corrected chi connectivity index (χ0v) is 12.1. The Bertz CT molecular complexity index is 243. The van der Waals surface area contributed by atoms with Crippen LogP contribution in [-0.2, 0) is 0 Å². The van der Waals surface area contributed by atoms with Crippen LogP contribution in [0.4, 0.5) is 0 Å². The van der Waals surface area contributed by atoms with Crippen molar-refractivity contribution < 1.29 is 0 Å². The molecule has 1 aliphatic carbocycles. The summed E-state index contributed by atoms with van der Waals surface area (Å²) in [6.07, 6.45) is 6.91. The molecule has 0 spiro atoms. The Morgan fingerprint density at radius 2 is 1.94 bits per heavy atom. The zero-order valence-electron chi connectivity index (χ0n) is 12.1. The molecule has 0 bridgehead atoms. The third kappa shape index (κ3) is 3.45. The van der Waals surface area contributed by atoms with E-state index in [-0.39, 0.29) is 0 Å². The quantitative estimate of drug-likeness (QED) is 0.796. The Hall–Kier alpha value is -0.0800. The minimum absolute atomic E-state index is 0.540. The molecule has 1 heterocycles. The summed E-state index contributed by atoms with van der Waals surface area (Å²) in [5, 5.41) is 3.55. The highest BCUT2D eigenvalue weighted by Crippen LogP contribution is 2.40. The molecule has 17 heavy (non-hydrogen) atoms. The first kappa shape index (κ1) is 13.4. The van der Waals surface area contributed by atoms with E-state index >= 15 is 0 Å². The van der Waals surface area contributed by atoms with Gasteiger partial charge in [-0.05, 0) is 57.0 Å². The van der Waals surface area contributed by atoms with Gasteiger partial charge in [-0.25, -0.2) is 0 Å². The van der Waals surface area contributed by atoms with E-state index in [1.54, 1.807) is 0 Å².